The molecule has 0 radical (unpaired) electrons. The number of carbonyl (C=O) groups excluding carboxylic acids is 1. The van der Waals surface area contributed by atoms with Crippen molar-refractivity contribution in [1.82, 2.24) is 5.06 Å². The number of aliphatic carboxylic acids is 1. The number of nitrogens with zero attached hydrogens (tertiary/aromatic N) is 1. The number of ether oxygens (including phenoxy) is 1. The average Bonchev–Trinajstić information content (AvgIpc) is 3.34. The number of hydrogen-bond donors (Lipinski definition) is 2. The van der Waals surface area contributed by atoms with Crippen molar-refractivity contribution in [3.05, 3.63) is 53.6 Å². The first-order valence-corrected chi connectivity index (χ1v) is 13.1. The predicted molar refractivity (Wildman–Crippen MR) is 132 cm³/mol. The standard InChI is InChI=1S/C29H34FNO6/c1-26-11-10-20(32)12-18(26)6-9-22-23-13-19-16-31(15-17-4-7-21(36-3)8-5-17)37-29(19,25(34)35)27(23,2)14-24(33)28(22,26)30/h4-5,7-8,10-12,19,22-24,33H,6,9,13-16H2,1-3H3,(H,34,35)/t19-,22-,23-,24-,26-,27-,28-,29-/m0/s1. The number of aliphatic hydroxyl groups excluding tert-OH is 1. The molecular weight excluding hydrogens is 477 g/mol. The van der Waals surface area contributed by atoms with E-state index in [4.69, 9.17) is 9.57 Å². The van der Waals surface area contributed by atoms with Crippen LogP contribution in [0.25, 0.3) is 0 Å². The van der Waals surface area contributed by atoms with Crippen LogP contribution in [0, 0.1) is 28.6 Å². The van der Waals surface area contributed by atoms with E-state index in [0.717, 1.165) is 16.9 Å². The third-order valence-corrected chi connectivity index (χ3v) is 10.5. The molecule has 4 fully saturated rings. The Hall–Kier alpha value is -2.55. The summed E-state index contributed by atoms with van der Waals surface area (Å²) in [6.07, 6.45) is 4.66. The van der Waals surface area contributed by atoms with Crippen molar-refractivity contribution >= 4 is 11.8 Å². The summed E-state index contributed by atoms with van der Waals surface area (Å²) in [6, 6.07) is 7.56. The van der Waals surface area contributed by atoms with Crippen LogP contribution >= 0.6 is 0 Å². The number of aliphatic hydroxyl groups is 1. The van der Waals surface area contributed by atoms with E-state index in [0.29, 0.717) is 32.4 Å². The molecule has 5 aliphatic rings. The van der Waals surface area contributed by atoms with E-state index in [9.17, 15) is 19.8 Å². The summed E-state index contributed by atoms with van der Waals surface area (Å²) in [4.78, 5) is 31.4. The van der Waals surface area contributed by atoms with Gasteiger partial charge >= 0.3 is 5.97 Å². The molecular formula is C29H34FNO6. The van der Waals surface area contributed by atoms with Gasteiger partial charge in [-0.1, -0.05) is 30.7 Å². The van der Waals surface area contributed by atoms with Crippen LogP contribution in [-0.2, 0) is 21.0 Å². The zero-order chi connectivity index (χ0) is 26.4. The number of carboxylic acids is 1. The van der Waals surface area contributed by atoms with E-state index in [1.807, 2.05) is 31.2 Å². The maximum absolute atomic E-state index is 17.3. The lowest BCUT2D eigenvalue weighted by Gasteiger charge is -2.62. The van der Waals surface area contributed by atoms with Gasteiger partial charge in [0.25, 0.3) is 0 Å². The van der Waals surface area contributed by atoms with Gasteiger partial charge in [-0.25, -0.2) is 9.18 Å². The number of halogens is 1. The van der Waals surface area contributed by atoms with Crippen LogP contribution < -0.4 is 4.74 Å². The third-order valence-electron chi connectivity index (χ3n) is 10.5. The van der Waals surface area contributed by atoms with Gasteiger partial charge in [-0.2, -0.15) is 5.06 Å². The van der Waals surface area contributed by atoms with E-state index < -0.39 is 40.1 Å². The summed E-state index contributed by atoms with van der Waals surface area (Å²) >= 11 is 0. The number of hydrogen-bond acceptors (Lipinski definition) is 6. The van der Waals surface area contributed by atoms with E-state index in [1.165, 1.54) is 12.2 Å². The summed E-state index contributed by atoms with van der Waals surface area (Å²) in [5.41, 5.74) is -3.90. The van der Waals surface area contributed by atoms with Crippen LogP contribution in [0.4, 0.5) is 4.39 Å². The number of hydroxylamine groups is 2. The third kappa shape index (κ3) is 3.03. The fourth-order valence-corrected chi connectivity index (χ4v) is 8.72. The fourth-order valence-electron chi connectivity index (χ4n) is 8.72. The quantitative estimate of drug-likeness (QED) is 0.634. The Balaban J connectivity index is 1.34. The van der Waals surface area contributed by atoms with Crippen LogP contribution in [0.5, 0.6) is 5.75 Å². The number of rotatable bonds is 4. The van der Waals surface area contributed by atoms with Gasteiger partial charge in [-0.05, 0) is 68.4 Å². The Morgan fingerprint density at radius 1 is 1.24 bits per heavy atom. The fraction of sp³-hybridized carbons (Fsp3) is 0.586. The molecule has 2 N–H and O–H groups in total. The molecule has 37 heavy (non-hydrogen) atoms. The largest absolute Gasteiger partial charge is 0.497 e. The number of fused-ring (bicyclic) bond motifs is 7. The molecule has 198 valence electrons. The number of benzene rings is 1. The van der Waals surface area contributed by atoms with Crippen molar-refractivity contribution in [3.63, 3.8) is 0 Å². The Bertz CT molecular complexity index is 1210. The van der Waals surface area contributed by atoms with E-state index in [1.54, 1.807) is 25.2 Å². The van der Waals surface area contributed by atoms with Crippen LogP contribution in [0.15, 0.2) is 48.1 Å². The molecule has 4 aliphatic carbocycles. The number of allylic oxidation sites excluding steroid dienone is 4. The lowest BCUT2D eigenvalue weighted by molar-refractivity contribution is -0.274. The molecule has 8 atom stereocenters. The molecule has 0 amide bonds. The molecule has 3 saturated carbocycles. The second-order valence-electron chi connectivity index (χ2n) is 12.0. The highest BCUT2D eigenvalue weighted by molar-refractivity contribution is 6.01. The zero-order valence-corrected chi connectivity index (χ0v) is 21.4. The van der Waals surface area contributed by atoms with Crippen molar-refractivity contribution in [3.8, 4) is 5.75 Å². The van der Waals surface area contributed by atoms with Crippen LogP contribution in [0.3, 0.4) is 0 Å². The van der Waals surface area contributed by atoms with Crippen molar-refractivity contribution < 1.29 is 33.8 Å². The molecule has 0 aromatic heterocycles. The van der Waals surface area contributed by atoms with Gasteiger partial charge in [-0.3, -0.25) is 9.63 Å². The summed E-state index contributed by atoms with van der Waals surface area (Å²) in [5, 5.41) is 23.9. The highest BCUT2D eigenvalue weighted by atomic mass is 19.1. The normalized spacial score (nSPS) is 44.5. The highest BCUT2D eigenvalue weighted by Gasteiger charge is 2.79. The Labute approximate surface area is 215 Å². The van der Waals surface area contributed by atoms with Crippen LogP contribution in [-0.4, -0.2) is 58.1 Å². The summed E-state index contributed by atoms with van der Waals surface area (Å²) in [5.74, 6) is -1.61. The Kier molecular flexibility index (Phi) is 5.34. The zero-order valence-electron chi connectivity index (χ0n) is 21.4. The second kappa shape index (κ2) is 7.98. The van der Waals surface area contributed by atoms with Gasteiger partial charge in [0.1, 0.15) is 5.75 Å². The lowest BCUT2D eigenvalue weighted by atomic mass is 9.45. The minimum absolute atomic E-state index is 0.0193. The highest BCUT2D eigenvalue weighted by Crippen LogP contribution is 2.72. The van der Waals surface area contributed by atoms with Gasteiger partial charge < -0.3 is 14.9 Å². The van der Waals surface area contributed by atoms with Crippen LogP contribution in [0.1, 0.15) is 45.1 Å². The molecule has 0 bridgehead atoms. The molecule has 1 saturated heterocycles. The molecule has 1 aromatic rings. The maximum atomic E-state index is 17.3. The van der Waals surface area contributed by atoms with Gasteiger partial charge in [0, 0.05) is 35.8 Å². The van der Waals surface area contributed by atoms with Gasteiger partial charge in [0.2, 0.25) is 0 Å². The molecule has 0 unspecified atom stereocenters. The molecule has 1 aliphatic heterocycles. The molecule has 0 spiro atoms. The van der Waals surface area contributed by atoms with E-state index >= 15 is 4.39 Å². The first-order valence-electron chi connectivity index (χ1n) is 13.1. The second-order valence-corrected chi connectivity index (χ2v) is 12.0. The lowest BCUT2D eigenvalue weighted by Crippen LogP contribution is -2.69. The number of methoxy groups -OCH3 is 1. The molecule has 7 nitrogen and oxygen atoms in total. The minimum Gasteiger partial charge on any atom is -0.497 e. The van der Waals surface area contributed by atoms with Gasteiger partial charge in [0.15, 0.2) is 17.1 Å². The van der Waals surface area contributed by atoms with Crippen molar-refractivity contribution in [2.24, 2.45) is 28.6 Å². The molecule has 6 rings (SSSR count). The van der Waals surface area contributed by atoms with Crippen molar-refractivity contribution in [2.75, 3.05) is 13.7 Å². The van der Waals surface area contributed by atoms with Gasteiger partial charge in [0.05, 0.1) is 13.2 Å². The molecule has 1 aromatic carbocycles. The van der Waals surface area contributed by atoms with Crippen molar-refractivity contribution in [2.45, 2.75) is 63.4 Å². The Morgan fingerprint density at radius 3 is 2.65 bits per heavy atom. The number of carbonyl (C=O) groups is 2. The number of alkyl halides is 1. The maximum Gasteiger partial charge on any atom is 0.339 e. The van der Waals surface area contributed by atoms with E-state index in [2.05, 4.69) is 0 Å². The molecule has 8 heteroatoms. The minimum atomic E-state index is -1.99. The molecule has 1 heterocycles. The average molecular weight is 512 g/mol. The smallest absolute Gasteiger partial charge is 0.339 e. The monoisotopic (exact) mass is 511 g/mol. The summed E-state index contributed by atoms with van der Waals surface area (Å²) in [7, 11) is 1.60. The number of ketones is 1. The number of carboxylic acid groups (broad SMARTS) is 1. The first-order chi connectivity index (χ1) is 17.5. The SMILES string of the molecule is COc1ccc(CN2C[C@@H]3C[C@H]4[C@@H]5CCC6=CC(=O)C=C[C@]6(C)[C@@]5(F)[C@@H](O)C[C@]4(C)[C@]3(C(=O)O)O2)cc1. The van der Waals surface area contributed by atoms with Crippen molar-refractivity contribution in [1.29, 1.82) is 0 Å². The van der Waals surface area contributed by atoms with E-state index in [-0.39, 0.29) is 24.0 Å². The Morgan fingerprint density at radius 2 is 1.97 bits per heavy atom. The van der Waals surface area contributed by atoms with Gasteiger partial charge in [-0.15, -0.1) is 0 Å². The topological polar surface area (TPSA) is 96.3 Å². The van der Waals surface area contributed by atoms with Crippen LogP contribution in [0.2, 0.25) is 0 Å². The first kappa shape index (κ1) is 24.8. The summed E-state index contributed by atoms with van der Waals surface area (Å²) in [6.45, 7) is 4.48. The predicted octanol–water partition coefficient (Wildman–Crippen LogP) is 3.86. The summed E-state index contributed by atoms with van der Waals surface area (Å²) < 4.78 is 22.6.